The summed E-state index contributed by atoms with van der Waals surface area (Å²) in [6.07, 6.45) is -4.24. The molecule has 0 spiro atoms. The number of benzene rings is 1. The first-order chi connectivity index (χ1) is 9.29. The average Bonchev–Trinajstić information content (AvgIpc) is 2.38. The van der Waals surface area contributed by atoms with Gasteiger partial charge in [-0.05, 0) is 30.3 Å². The summed E-state index contributed by atoms with van der Waals surface area (Å²) in [6.45, 7) is 0. The van der Waals surface area contributed by atoms with Crippen molar-refractivity contribution in [1.29, 1.82) is 0 Å². The van der Waals surface area contributed by atoms with Crippen LogP contribution in [0.2, 0.25) is 0 Å². The summed E-state index contributed by atoms with van der Waals surface area (Å²) in [5.74, 6) is -1.56. The van der Waals surface area contributed by atoms with Crippen LogP contribution in [0.25, 0.3) is 0 Å². The second kappa shape index (κ2) is 4.92. The Morgan fingerprint density at radius 1 is 1.00 bits per heavy atom. The van der Waals surface area contributed by atoms with E-state index in [1.54, 1.807) is 0 Å². The summed E-state index contributed by atoms with van der Waals surface area (Å²) in [6, 6.07) is 5.38. The second-order valence-corrected chi connectivity index (χ2v) is 3.94. The summed E-state index contributed by atoms with van der Waals surface area (Å²) in [5, 5.41) is 0. The fourth-order valence-electron chi connectivity index (χ4n) is 1.55. The highest BCUT2D eigenvalue weighted by atomic mass is 19.4. The van der Waals surface area contributed by atoms with Crippen molar-refractivity contribution in [3.05, 3.63) is 69.9 Å². The molecule has 104 valence electrons. The molecule has 0 radical (unpaired) electrons. The molecule has 0 aliphatic carbocycles. The lowest BCUT2D eigenvalue weighted by atomic mass is 10.2. The number of hydrogen-bond donors (Lipinski definition) is 0. The van der Waals surface area contributed by atoms with Gasteiger partial charge in [0.1, 0.15) is 5.82 Å². The number of aromatic nitrogens is 1. The quantitative estimate of drug-likeness (QED) is 0.756. The van der Waals surface area contributed by atoms with E-state index in [0.717, 1.165) is 24.3 Å². The summed E-state index contributed by atoms with van der Waals surface area (Å²) < 4.78 is 50.7. The van der Waals surface area contributed by atoms with E-state index >= 15 is 0 Å². The first-order valence-electron chi connectivity index (χ1n) is 5.39. The van der Waals surface area contributed by atoms with Crippen LogP contribution in [0, 0.1) is 5.82 Å². The molecule has 0 unspecified atom stereocenters. The number of hydrogen-bond acceptors (Lipinski definition) is 2. The maximum absolute atomic E-state index is 12.7. The minimum atomic E-state index is -4.67. The van der Waals surface area contributed by atoms with Gasteiger partial charge in [-0.1, -0.05) is 0 Å². The molecule has 1 heterocycles. The zero-order chi connectivity index (χ0) is 14.9. The molecule has 0 aliphatic rings. The molecule has 0 saturated carbocycles. The molecule has 20 heavy (non-hydrogen) atoms. The first kappa shape index (κ1) is 14.0. The number of pyridine rings is 1. The normalized spacial score (nSPS) is 11.4. The van der Waals surface area contributed by atoms with Gasteiger partial charge in [0.05, 0.1) is 5.56 Å². The molecule has 0 N–H and O–H groups in total. The van der Waals surface area contributed by atoms with Crippen LogP contribution in [0.4, 0.5) is 17.6 Å². The molecule has 2 rings (SSSR count). The summed E-state index contributed by atoms with van der Waals surface area (Å²) in [7, 11) is 0. The Hall–Kier alpha value is -2.44. The van der Waals surface area contributed by atoms with Gasteiger partial charge < -0.3 is 0 Å². The Bertz CT molecular complexity index is 702. The Morgan fingerprint density at radius 2 is 1.60 bits per heavy atom. The van der Waals surface area contributed by atoms with Crippen molar-refractivity contribution < 1.29 is 22.4 Å². The van der Waals surface area contributed by atoms with Crippen LogP contribution in [0.5, 0.6) is 0 Å². The van der Waals surface area contributed by atoms with Crippen molar-refractivity contribution in [2.24, 2.45) is 0 Å². The highest BCUT2D eigenvalue weighted by Crippen LogP contribution is 2.28. The predicted octanol–water partition coefficient (Wildman–Crippen LogP) is 2.69. The van der Waals surface area contributed by atoms with Gasteiger partial charge in [-0.15, -0.1) is 0 Å². The summed E-state index contributed by atoms with van der Waals surface area (Å²) in [5.41, 5.74) is -2.10. The van der Waals surface area contributed by atoms with Crippen LogP contribution in [0.3, 0.4) is 0 Å². The van der Waals surface area contributed by atoms with Gasteiger partial charge in [-0.2, -0.15) is 13.2 Å². The Labute approximate surface area is 110 Å². The zero-order valence-electron chi connectivity index (χ0n) is 9.82. The number of rotatable bonds is 1. The van der Waals surface area contributed by atoms with Gasteiger partial charge in [0.25, 0.3) is 11.5 Å². The molecular weight excluding hydrogens is 278 g/mol. The molecule has 0 bridgehead atoms. The molecule has 0 aliphatic heterocycles. The molecule has 7 heteroatoms. The molecule has 0 saturated heterocycles. The third kappa shape index (κ3) is 2.76. The van der Waals surface area contributed by atoms with Crippen molar-refractivity contribution in [1.82, 2.24) is 4.57 Å². The summed E-state index contributed by atoms with van der Waals surface area (Å²) in [4.78, 5) is 23.4. The molecule has 1 aromatic heterocycles. The smallest absolute Gasteiger partial charge is 0.269 e. The van der Waals surface area contributed by atoms with Crippen LogP contribution in [-0.4, -0.2) is 10.5 Å². The fraction of sp³-hybridized carbons (Fsp3) is 0.0769. The monoisotopic (exact) mass is 285 g/mol. The van der Waals surface area contributed by atoms with Gasteiger partial charge in [-0.25, -0.2) is 8.96 Å². The summed E-state index contributed by atoms with van der Waals surface area (Å²) >= 11 is 0. The first-order valence-corrected chi connectivity index (χ1v) is 5.39. The largest absolute Gasteiger partial charge is 0.417 e. The van der Waals surface area contributed by atoms with E-state index in [-0.39, 0.29) is 5.56 Å². The topological polar surface area (TPSA) is 39.1 Å². The van der Waals surface area contributed by atoms with Gasteiger partial charge in [-0.3, -0.25) is 9.59 Å². The minimum Gasteiger partial charge on any atom is -0.269 e. The number of carbonyl (C=O) groups is 1. The molecule has 2 aromatic rings. The van der Waals surface area contributed by atoms with Crippen LogP contribution in [0.1, 0.15) is 15.9 Å². The maximum atomic E-state index is 12.7. The third-order valence-corrected chi connectivity index (χ3v) is 2.55. The standard InChI is InChI=1S/C13H7F4NO2/c14-10-4-1-8(2-5-10)12(20)18-7-9(13(15,16)17)3-6-11(18)19/h1-7H. The van der Waals surface area contributed by atoms with Crippen LogP contribution >= 0.6 is 0 Å². The zero-order valence-corrected chi connectivity index (χ0v) is 9.82. The fourth-order valence-corrected chi connectivity index (χ4v) is 1.55. The van der Waals surface area contributed by atoms with Gasteiger partial charge >= 0.3 is 6.18 Å². The van der Waals surface area contributed by atoms with E-state index < -0.39 is 29.0 Å². The third-order valence-electron chi connectivity index (χ3n) is 2.55. The minimum absolute atomic E-state index is 0.0900. The van der Waals surface area contributed by atoms with Gasteiger partial charge in [0.15, 0.2) is 0 Å². The maximum Gasteiger partial charge on any atom is 0.417 e. The predicted molar refractivity (Wildman–Crippen MR) is 61.8 cm³/mol. The number of alkyl halides is 3. The van der Waals surface area contributed by atoms with Crippen LogP contribution in [0.15, 0.2) is 47.4 Å². The average molecular weight is 285 g/mol. The van der Waals surface area contributed by atoms with E-state index in [9.17, 15) is 27.2 Å². The lowest BCUT2D eigenvalue weighted by molar-refractivity contribution is -0.137. The van der Waals surface area contributed by atoms with Crippen molar-refractivity contribution in [2.45, 2.75) is 6.18 Å². The Kier molecular flexibility index (Phi) is 3.44. The molecule has 0 fully saturated rings. The van der Waals surface area contributed by atoms with Crippen molar-refractivity contribution in [3.8, 4) is 0 Å². The molecule has 0 atom stereocenters. The van der Waals surface area contributed by atoms with E-state index in [1.807, 2.05) is 0 Å². The lowest BCUT2D eigenvalue weighted by Gasteiger charge is -2.09. The van der Waals surface area contributed by atoms with Crippen LogP contribution in [-0.2, 0) is 6.18 Å². The van der Waals surface area contributed by atoms with Crippen molar-refractivity contribution in [2.75, 3.05) is 0 Å². The van der Waals surface area contributed by atoms with E-state index in [4.69, 9.17) is 0 Å². The van der Waals surface area contributed by atoms with E-state index in [1.165, 1.54) is 0 Å². The number of carbonyl (C=O) groups excluding carboxylic acids is 1. The SMILES string of the molecule is O=C(c1ccc(F)cc1)n1cc(C(F)(F)F)ccc1=O. The molecular formula is C13H7F4NO2. The van der Waals surface area contributed by atoms with Gasteiger partial charge in [0, 0.05) is 17.8 Å². The van der Waals surface area contributed by atoms with Crippen LogP contribution < -0.4 is 5.56 Å². The molecule has 0 amide bonds. The highest BCUT2D eigenvalue weighted by Gasteiger charge is 2.31. The Morgan fingerprint density at radius 3 is 2.15 bits per heavy atom. The highest BCUT2D eigenvalue weighted by molar-refractivity contribution is 5.95. The Balaban J connectivity index is 2.49. The molecule has 1 aromatic carbocycles. The number of halogens is 4. The van der Waals surface area contributed by atoms with Crippen molar-refractivity contribution >= 4 is 5.91 Å². The van der Waals surface area contributed by atoms with E-state index in [2.05, 4.69) is 0 Å². The second-order valence-electron chi connectivity index (χ2n) is 3.94. The number of nitrogens with zero attached hydrogens (tertiary/aromatic N) is 1. The van der Waals surface area contributed by atoms with E-state index in [0.29, 0.717) is 22.9 Å². The lowest BCUT2D eigenvalue weighted by Crippen LogP contribution is -2.27. The van der Waals surface area contributed by atoms with Gasteiger partial charge in [0.2, 0.25) is 0 Å². The molecule has 3 nitrogen and oxygen atoms in total. The van der Waals surface area contributed by atoms with Crippen molar-refractivity contribution in [3.63, 3.8) is 0 Å².